The summed E-state index contributed by atoms with van der Waals surface area (Å²) in [6.07, 6.45) is 0.665. The van der Waals surface area contributed by atoms with Crippen LogP contribution in [0.2, 0.25) is 0 Å². The Kier molecular flexibility index (Phi) is 3.97. The molecule has 0 spiro atoms. The molecule has 3 aromatic rings. The molecule has 0 radical (unpaired) electrons. The number of rotatable bonds is 5. The number of benzene rings is 1. The highest BCUT2D eigenvalue weighted by Gasteiger charge is 2.27. The molecule has 0 saturated heterocycles. The third-order valence-corrected chi connectivity index (χ3v) is 4.21. The minimum Gasteiger partial charge on any atom is -0.387 e. The van der Waals surface area contributed by atoms with E-state index in [1.807, 2.05) is 0 Å². The van der Waals surface area contributed by atoms with Crippen molar-refractivity contribution >= 4 is 27.9 Å². The van der Waals surface area contributed by atoms with E-state index in [1.165, 1.54) is 44.9 Å². The molecule has 1 aromatic carbocycles. The lowest BCUT2D eigenvalue weighted by molar-refractivity contribution is -0.389. The van der Waals surface area contributed by atoms with Gasteiger partial charge < -0.3 is 20.1 Å². The Labute approximate surface area is 134 Å². The number of hydrogen-bond donors (Lipinski definition) is 1. The second-order valence-electron chi connectivity index (χ2n) is 5.02. The molecule has 2 aromatic heterocycles. The van der Waals surface area contributed by atoms with Gasteiger partial charge in [-0.05, 0) is 22.6 Å². The van der Waals surface area contributed by atoms with Crippen molar-refractivity contribution in [1.82, 2.24) is 9.38 Å². The standard InChI is InChI=1S/C14H13FN4O3S/c1-17(8-11(20)9-2-4-10(15)5-3-9)12-13(19(21)22)18-6-7-23-14(18)16-12/h2-7,11,20H,8H2,1H3/t11-/m0/s1. The molecule has 0 amide bonds. The Morgan fingerprint density at radius 3 is 2.83 bits per heavy atom. The normalized spacial score (nSPS) is 12.5. The average molecular weight is 336 g/mol. The topological polar surface area (TPSA) is 83.9 Å². The minimum atomic E-state index is -0.917. The molecule has 1 N–H and O–H groups in total. The Bertz CT molecular complexity index is 845. The van der Waals surface area contributed by atoms with E-state index in [2.05, 4.69) is 4.98 Å². The summed E-state index contributed by atoms with van der Waals surface area (Å²) < 4.78 is 14.3. The largest absolute Gasteiger partial charge is 0.387 e. The quantitative estimate of drug-likeness (QED) is 0.572. The zero-order chi connectivity index (χ0) is 16.6. The maximum absolute atomic E-state index is 12.9. The lowest BCUT2D eigenvalue weighted by atomic mass is 10.1. The molecule has 23 heavy (non-hydrogen) atoms. The molecule has 0 bridgehead atoms. The van der Waals surface area contributed by atoms with Crippen LogP contribution in [-0.4, -0.2) is 33.0 Å². The summed E-state index contributed by atoms with van der Waals surface area (Å²) in [5.41, 5.74) is 0.530. The highest BCUT2D eigenvalue weighted by Crippen LogP contribution is 2.31. The van der Waals surface area contributed by atoms with Crippen LogP contribution in [0, 0.1) is 15.9 Å². The lowest BCUT2D eigenvalue weighted by Gasteiger charge is -2.20. The van der Waals surface area contributed by atoms with Crippen molar-refractivity contribution in [3.8, 4) is 0 Å². The molecular weight excluding hydrogens is 323 g/mol. The number of imidazole rings is 1. The molecular formula is C14H13FN4O3S. The van der Waals surface area contributed by atoms with E-state index in [0.29, 0.717) is 10.5 Å². The van der Waals surface area contributed by atoms with Crippen LogP contribution in [0.15, 0.2) is 35.8 Å². The number of hydrogen-bond acceptors (Lipinski definition) is 6. The zero-order valence-electron chi connectivity index (χ0n) is 12.1. The van der Waals surface area contributed by atoms with Gasteiger partial charge in [-0.15, -0.1) is 0 Å². The van der Waals surface area contributed by atoms with Gasteiger partial charge in [-0.25, -0.2) is 4.39 Å². The maximum Gasteiger partial charge on any atom is 0.373 e. The number of nitrogens with zero attached hydrogens (tertiary/aromatic N) is 4. The number of aromatic nitrogens is 2. The van der Waals surface area contributed by atoms with Crippen molar-refractivity contribution in [2.24, 2.45) is 0 Å². The average Bonchev–Trinajstić information content (AvgIpc) is 3.07. The first kappa shape index (κ1) is 15.4. The van der Waals surface area contributed by atoms with E-state index in [-0.39, 0.29) is 24.0 Å². The van der Waals surface area contributed by atoms with Crippen LogP contribution < -0.4 is 4.90 Å². The molecule has 1 atom stereocenters. The smallest absolute Gasteiger partial charge is 0.373 e. The molecule has 2 heterocycles. The fourth-order valence-electron chi connectivity index (χ4n) is 2.32. The summed E-state index contributed by atoms with van der Waals surface area (Å²) in [5.74, 6) is -0.350. The van der Waals surface area contributed by atoms with Gasteiger partial charge in [0.05, 0.1) is 6.10 Å². The van der Waals surface area contributed by atoms with Crippen LogP contribution >= 0.6 is 11.3 Å². The summed E-state index contributed by atoms with van der Waals surface area (Å²) in [6, 6.07) is 5.48. The number of likely N-dealkylation sites (N-methyl/N-ethyl adjacent to an activating group) is 1. The Morgan fingerprint density at radius 2 is 2.17 bits per heavy atom. The first-order valence-electron chi connectivity index (χ1n) is 6.72. The summed E-state index contributed by atoms with van der Waals surface area (Å²) in [6.45, 7) is 0.0946. The molecule has 120 valence electrons. The summed E-state index contributed by atoms with van der Waals surface area (Å²) in [7, 11) is 1.62. The van der Waals surface area contributed by atoms with Gasteiger partial charge in [0.1, 0.15) is 12.0 Å². The molecule has 9 heteroatoms. The first-order valence-corrected chi connectivity index (χ1v) is 7.60. The Balaban J connectivity index is 1.87. The number of nitro groups is 1. The van der Waals surface area contributed by atoms with E-state index in [0.717, 1.165) is 0 Å². The van der Waals surface area contributed by atoms with Crippen molar-refractivity contribution in [3.63, 3.8) is 0 Å². The van der Waals surface area contributed by atoms with Crippen LogP contribution in [-0.2, 0) is 0 Å². The fourth-order valence-corrected chi connectivity index (χ4v) is 3.03. The van der Waals surface area contributed by atoms with Crippen LogP contribution in [0.25, 0.3) is 4.96 Å². The van der Waals surface area contributed by atoms with Gasteiger partial charge in [0.15, 0.2) is 0 Å². The zero-order valence-corrected chi connectivity index (χ0v) is 12.9. The van der Waals surface area contributed by atoms with Crippen molar-refractivity contribution in [3.05, 3.63) is 57.3 Å². The molecule has 0 aliphatic carbocycles. The van der Waals surface area contributed by atoms with E-state index < -0.39 is 11.0 Å². The Morgan fingerprint density at radius 1 is 1.48 bits per heavy atom. The molecule has 3 rings (SSSR count). The number of aliphatic hydroxyl groups is 1. The van der Waals surface area contributed by atoms with Gasteiger partial charge in [-0.1, -0.05) is 23.5 Å². The van der Waals surface area contributed by atoms with E-state index >= 15 is 0 Å². The highest BCUT2D eigenvalue weighted by molar-refractivity contribution is 7.15. The van der Waals surface area contributed by atoms with Crippen LogP contribution in [0.5, 0.6) is 0 Å². The van der Waals surface area contributed by atoms with Gasteiger partial charge in [0.25, 0.3) is 4.96 Å². The third-order valence-electron chi connectivity index (χ3n) is 3.46. The monoisotopic (exact) mass is 336 g/mol. The minimum absolute atomic E-state index is 0.0946. The molecule has 0 saturated carbocycles. The second kappa shape index (κ2) is 5.94. The van der Waals surface area contributed by atoms with Crippen molar-refractivity contribution in [1.29, 1.82) is 0 Å². The van der Waals surface area contributed by atoms with Crippen LogP contribution in [0.4, 0.5) is 16.0 Å². The first-order chi connectivity index (χ1) is 11.0. The molecule has 0 aliphatic heterocycles. The van der Waals surface area contributed by atoms with Crippen LogP contribution in [0.3, 0.4) is 0 Å². The number of aliphatic hydroxyl groups excluding tert-OH is 1. The number of halogens is 1. The van der Waals surface area contributed by atoms with Gasteiger partial charge in [-0.3, -0.25) is 0 Å². The molecule has 7 nitrogen and oxygen atoms in total. The van der Waals surface area contributed by atoms with Crippen molar-refractivity contribution in [2.75, 3.05) is 18.5 Å². The fraction of sp³-hybridized carbons (Fsp3) is 0.214. The lowest BCUT2D eigenvalue weighted by Crippen LogP contribution is -2.25. The summed E-state index contributed by atoms with van der Waals surface area (Å²) in [4.78, 5) is 17.1. The van der Waals surface area contributed by atoms with Gasteiger partial charge in [0, 0.05) is 19.0 Å². The highest BCUT2D eigenvalue weighted by atomic mass is 32.1. The maximum atomic E-state index is 12.9. The van der Waals surface area contributed by atoms with Crippen molar-refractivity contribution < 1.29 is 14.4 Å². The summed E-state index contributed by atoms with van der Waals surface area (Å²) >= 11 is 1.29. The van der Waals surface area contributed by atoms with Gasteiger partial charge in [0.2, 0.25) is 5.82 Å². The van der Waals surface area contributed by atoms with Gasteiger partial charge in [-0.2, -0.15) is 9.38 Å². The number of anilines is 1. The molecule has 0 aliphatic rings. The molecule has 0 unspecified atom stereocenters. The molecule has 0 fully saturated rings. The predicted molar refractivity (Wildman–Crippen MR) is 84.4 cm³/mol. The Hall–Kier alpha value is -2.52. The predicted octanol–water partition coefficient (Wildman–Crippen LogP) is 2.61. The SMILES string of the molecule is CN(C[C@H](O)c1ccc(F)cc1)c1nc2sccn2c1[N+](=O)[O-]. The van der Waals surface area contributed by atoms with Crippen LogP contribution in [0.1, 0.15) is 11.7 Å². The summed E-state index contributed by atoms with van der Waals surface area (Å²) in [5, 5.41) is 23.3. The van der Waals surface area contributed by atoms with Gasteiger partial charge >= 0.3 is 5.82 Å². The number of thiazole rings is 1. The van der Waals surface area contributed by atoms with Crippen molar-refractivity contribution in [2.45, 2.75) is 6.10 Å². The van der Waals surface area contributed by atoms with E-state index in [9.17, 15) is 19.6 Å². The third kappa shape index (κ3) is 2.88. The second-order valence-corrected chi connectivity index (χ2v) is 5.89. The number of fused-ring (bicyclic) bond motifs is 1. The van der Waals surface area contributed by atoms with E-state index in [4.69, 9.17) is 0 Å². The van der Waals surface area contributed by atoms with E-state index in [1.54, 1.807) is 18.6 Å².